The SMILES string of the molecule is CCCC(Oc1c(Br)cc(Br)c2ccc(Cl)nc12)C(=O)O. The average Bonchev–Trinajstić information content (AvgIpc) is 2.41. The summed E-state index contributed by atoms with van der Waals surface area (Å²) in [7, 11) is 0. The van der Waals surface area contributed by atoms with Gasteiger partial charge in [-0.05, 0) is 40.5 Å². The number of aromatic nitrogens is 1. The third-order valence-electron chi connectivity index (χ3n) is 2.89. The fourth-order valence-corrected chi connectivity index (χ4v) is 3.43. The molecule has 1 aromatic heterocycles. The zero-order valence-electron chi connectivity index (χ0n) is 11.1. The third-order valence-corrected chi connectivity index (χ3v) is 4.35. The van der Waals surface area contributed by atoms with Crippen molar-refractivity contribution >= 4 is 60.3 Å². The number of fused-ring (bicyclic) bond motifs is 1. The van der Waals surface area contributed by atoms with Crippen LogP contribution in [0.25, 0.3) is 10.9 Å². The smallest absolute Gasteiger partial charge is 0.344 e. The van der Waals surface area contributed by atoms with Crippen LogP contribution in [0.3, 0.4) is 0 Å². The zero-order chi connectivity index (χ0) is 15.6. The van der Waals surface area contributed by atoms with Crippen LogP contribution >= 0.6 is 43.5 Å². The Morgan fingerprint density at radius 1 is 1.43 bits per heavy atom. The maximum absolute atomic E-state index is 11.3. The Hall–Kier alpha value is -0.850. The number of rotatable bonds is 5. The van der Waals surface area contributed by atoms with Gasteiger partial charge in [0.15, 0.2) is 11.9 Å². The van der Waals surface area contributed by atoms with Crippen molar-refractivity contribution in [3.05, 3.63) is 32.3 Å². The number of hydrogen-bond donors (Lipinski definition) is 1. The van der Waals surface area contributed by atoms with E-state index in [4.69, 9.17) is 16.3 Å². The molecule has 1 unspecified atom stereocenters. The van der Waals surface area contributed by atoms with E-state index in [1.54, 1.807) is 12.1 Å². The molecule has 21 heavy (non-hydrogen) atoms. The first-order chi connectivity index (χ1) is 9.93. The largest absolute Gasteiger partial charge is 0.479 e. The van der Waals surface area contributed by atoms with Crippen molar-refractivity contribution in [2.24, 2.45) is 0 Å². The number of hydrogen-bond acceptors (Lipinski definition) is 3. The van der Waals surface area contributed by atoms with Gasteiger partial charge in [-0.3, -0.25) is 0 Å². The molecule has 7 heteroatoms. The van der Waals surface area contributed by atoms with Crippen molar-refractivity contribution in [1.29, 1.82) is 0 Å². The second-order valence-corrected chi connectivity index (χ2v) is 6.53. The molecule has 0 saturated heterocycles. The molecule has 0 amide bonds. The van der Waals surface area contributed by atoms with E-state index in [1.807, 2.05) is 13.0 Å². The topological polar surface area (TPSA) is 59.4 Å². The Morgan fingerprint density at radius 3 is 2.76 bits per heavy atom. The molecule has 0 spiro atoms. The Morgan fingerprint density at radius 2 is 2.14 bits per heavy atom. The highest BCUT2D eigenvalue weighted by Crippen LogP contribution is 2.38. The number of ether oxygens (including phenoxy) is 1. The van der Waals surface area contributed by atoms with Gasteiger partial charge < -0.3 is 9.84 Å². The Labute approximate surface area is 143 Å². The fraction of sp³-hybridized carbons (Fsp3) is 0.286. The number of carbonyl (C=O) groups is 1. The molecule has 0 fully saturated rings. The number of aliphatic carboxylic acids is 1. The molecule has 1 atom stereocenters. The van der Waals surface area contributed by atoms with Gasteiger partial charge in [0.25, 0.3) is 0 Å². The summed E-state index contributed by atoms with van der Waals surface area (Å²) in [6.07, 6.45) is 0.202. The van der Waals surface area contributed by atoms with Crippen LogP contribution in [-0.4, -0.2) is 22.2 Å². The second-order valence-electron chi connectivity index (χ2n) is 4.43. The van der Waals surface area contributed by atoms with Gasteiger partial charge in [0.05, 0.1) is 4.47 Å². The predicted octanol–water partition coefficient (Wildman–Crippen LogP) is 5.05. The highest BCUT2D eigenvalue weighted by Gasteiger charge is 2.22. The summed E-state index contributed by atoms with van der Waals surface area (Å²) < 4.78 is 7.13. The number of nitrogens with zero attached hydrogens (tertiary/aromatic N) is 1. The van der Waals surface area contributed by atoms with Gasteiger partial charge in [0.1, 0.15) is 10.7 Å². The minimum absolute atomic E-state index is 0.319. The molecule has 2 rings (SSSR count). The summed E-state index contributed by atoms with van der Waals surface area (Å²) in [6.45, 7) is 1.91. The van der Waals surface area contributed by atoms with Gasteiger partial charge in [-0.25, -0.2) is 9.78 Å². The van der Waals surface area contributed by atoms with Crippen LogP contribution in [0.15, 0.2) is 27.1 Å². The van der Waals surface area contributed by atoms with Gasteiger partial charge in [-0.2, -0.15) is 0 Å². The molecule has 1 heterocycles. The first-order valence-corrected chi connectivity index (χ1v) is 8.24. The minimum Gasteiger partial charge on any atom is -0.479 e. The maximum Gasteiger partial charge on any atom is 0.344 e. The maximum atomic E-state index is 11.3. The third kappa shape index (κ3) is 3.67. The lowest BCUT2D eigenvalue weighted by atomic mass is 10.2. The summed E-state index contributed by atoms with van der Waals surface area (Å²) >= 11 is 12.8. The highest BCUT2D eigenvalue weighted by atomic mass is 79.9. The van der Waals surface area contributed by atoms with E-state index >= 15 is 0 Å². The molecular weight excluding hydrogens is 425 g/mol. The number of benzene rings is 1. The zero-order valence-corrected chi connectivity index (χ0v) is 15.0. The van der Waals surface area contributed by atoms with Crippen LogP contribution in [-0.2, 0) is 4.79 Å². The molecule has 1 aromatic carbocycles. The Balaban J connectivity index is 2.56. The highest BCUT2D eigenvalue weighted by molar-refractivity contribution is 9.11. The van der Waals surface area contributed by atoms with E-state index < -0.39 is 12.1 Å². The van der Waals surface area contributed by atoms with Crippen molar-refractivity contribution in [3.8, 4) is 5.75 Å². The summed E-state index contributed by atoms with van der Waals surface area (Å²) in [5, 5.41) is 10.4. The monoisotopic (exact) mass is 435 g/mol. The molecule has 0 radical (unpaired) electrons. The molecule has 4 nitrogen and oxygen atoms in total. The van der Waals surface area contributed by atoms with Crippen LogP contribution in [0.1, 0.15) is 19.8 Å². The van der Waals surface area contributed by atoms with Crippen molar-refractivity contribution in [2.75, 3.05) is 0 Å². The molecule has 1 N–H and O–H groups in total. The number of carboxylic acids is 1. The van der Waals surface area contributed by atoms with Gasteiger partial charge >= 0.3 is 5.97 Å². The lowest BCUT2D eigenvalue weighted by Crippen LogP contribution is -2.27. The first-order valence-electron chi connectivity index (χ1n) is 6.27. The fourth-order valence-electron chi connectivity index (χ4n) is 1.92. The first kappa shape index (κ1) is 16.5. The van der Waals surface area contributed by atoms with Crippen LogP contribution in [0.4, 0.5) is 0 Å². The molecule has 2 aromatic rings. The summed E-state index contributed by atoms with van der Waals surface area (Å²) in [5.74, 6) is -0.613. The minimum atomic E-state index is -0.998. The van der Waals surface area contributed by atoms with Gasteiger partial charge in [-0.1, -0.05) is 40.9 Å². The van der Waals surface area contributed by atoms with E-state index in [2.05, 4.69) is 36.8 Å². The van der Waals surface area contributed by atoms with E-state index in [9.17, 15) is 9.90 Å². The summed E-state index contributed by atoms with van der Waals surface area (Å²) in [4.78, 5) is 15.5. The lowest BCUT2D eigenvalue weighted by molar-refractivity contribution is -0.145. The molecule has 0 aliphatic carbocycles. The van der Waals surface area contributed by atoms with Gasteiger partial charge in [0.2, 0.25) is 0 Å². The molecular formula is C14H12Br2ClNO3. The van der Waals surface area contributed by atoms with Crippen LogP contribution < -0.4 is 4.74 Å². The molecule has 112 valence electrons. The summed E-state index contributed by atoms with van der Waals surface area (Å²) in [5.41, 5.74) is 0.520. The summed E-state index contributed by atoms with van der Waals surface area (Å²) in [6, 6.07) is 5.29. The van der Waals surface area contributed by atoms with E-state index in [0.717, 1.165) is 9.86 Å². The number of carboxylic acid groups (broad SMARTS) is 1. The van der Waals surface area contributed by atoms with Crippen molar-refractivity contribution in [1.82, 2.24) is 4.98 Å². The van der Waals surface area contributed by atoms with E-state index in [1.165, 1.54) is 0 Å². The molecule has 0 bridgehead atoms. The quantitative estimate of drug-likeness (QED) is 0.666. The van der Waals surface area contributed by atoms with Gasteiger partial charge in [0, 0.05) is 9.86 Å². The van der Waals surface area contributed by atoms with Crippen molar-refractivity contribution < 1.29 is 14.6 Å². The molecule has 0 aliphatic heterocycles. The van der Waals surface area contributed by atoms with Gasteiger partial charge in [-0.15, -0.1) is 0 Å². The lowest BCUT2D eigenvalue weighted by Gasteiger charge is -2.17. The van der Waals surface area contributed by atoms with Crippen molar-refractivity contribution in [3.63, 3.8) is 0 Å². The molecule has 0 saturated carbocycles. The number of pyridine rings is 1. The normalized spacial score (nSPS) is 12.4. The average molecular weight is 438 g/mol. The second kappa shape index (κ2) is 6.94. The van der Waals surface area contributed by atoms with Crippen LogP contribution in [0.2, 0.25) is 5.15 Å². The van der Waals surface area contributed by atoms with Crippen LogP contribution in [0, 0.1) is 0 Å². The van der Waals surface area contributed by atoms with Crippen LogP contribution in [0.5, 0.6) is 5.75 Å². The predicted molar refractivity (Wildman–Crippen MR) is 89.1 cm³/mol. The van der Waals surface area contributed by atoms with E-state index in [0.29, 0.717) is 33.7 Å². The van der Waals surface area contributed by atoms with Crippen molar-refractivity contribution in [2.45, 2.75) is 25.9 Å². The Kier molecular flexibility index (Phi) is 5.46. The standard InChI is InChI=1S/C14H12Br2ClNO3/c1-2-3-10(14(19)20)21-13-9(16)6-8(15)7-4-5-11(17)18-12(7)13/h4-6,10H,2-3H2,1H3,(H,19,20). The van der Waals surface area contributed by atoms with E-state index in [-0.39, 0.29) is 0 Å². The Bertz CT molecular complexity index is 693. The number of halogens is 3. The molecule has 0 aliphatic rings.